The second-order valence-electron chi connectivity index (χ2n) is 2.06. The van der Waals surface area contributed by atoms with E-state index in [2.05, 4.69) is 5.38 Å². The number of phenols is 1. The predicted molar refractivity (Wildman–Crippen MR) is 42.3 cm³/mol. The minimum atomic E-state index is 0.351. The van der Waals surface area contributed by atoms with Crippen molar-refractivity contribution in [3.63, 3.8) is 0 Å². The summed E-state index contributed by atoms with van der Waals surface area (Å²) in [7, 11) is 0. The fourth-order valence-corrected chi connectivity index (χ4v) is 1.64. The zero-order chi connectivity index (χ0) is 6.97. The summed E-state index contributed by atoms with van der Waals surface area (Å²) in [6.45, 7) is 0. The van der Waals surface area contributed by atoms with Crippen molar-refractivity contribution >= 4 is 21.4 Å². The molecule has 1 radical (unpaired) electrons. The number of aromatic hydroxyl groups is 1. The maximum atomic E-state index is 9.25. The van der Waals surface area contributed by atoms with Crippen LogP contribution in [0.4, 0.5) is 0 Å². The minimum absolute atomic E-state index is 0.351. The van der Waals surface area contributed by atoms with Crippen LogP contribution in [0.5, 0.6) is 5.75 Å². The molecule has 49 valence electrons. The molecule has 1 aromatic heterocycles. The molecule has 0 unspecified atom stereocenters. The first-order valence-electron chi connectivity index (χ1n) is 2.95. The predicted octanol–water partition coefficient (Wildman–Crippen LogP) is 2.41. The highest BCUT2D eigenvalue weighted by Crippen LogP contribution is 2.28. The van der Waals surface area contributed by atoms with E-state index in [-0.39, 0.29) is 0 Å². The first-order chi connectivity index (χ1) is 4.88. The van der Waals surface area contributed by atoms with Crippen LogP contribution < -0.4 is 0 Å². The van der Waals surface area contributed by atoms with E-state index in [0.717, 1.165) is 10.1 Å². The van der Waals surface area contributed by atoms with E-state index in [0.29, 0.717) is 5.75 Å². The normalized spacial score (nSPS) is 10.4. The maximum Gasteiger partial charge on any atom is 0.133 e. The van der Waals surface area contributed by atoms with Gasteiger partial charge in [0.25, 0.3) is 0 Å². The molecule has 0 amide bonds. The average Bonchev–Trinajstić information content (AvgIpc) is 2.36. The number of phenolic OH excluding ortho intramolecular Hbond substituents is 1. The highest BCUT2D eigenvalue weighted by molar-refractivity contribution is 7.17. The highest BCUT2D eigenvalue weighted by Gasteiger charge is 1.97. The Morgan fingerprint density at radius 1 is 1.40 bits per heavy atom. The molecule has 0 saturated heterocycles. The van der Waals surface area contributed by atoms with E-state index in [4.69, 9.17) is 0 Å². The van der Waals surface area contributed by atoms with Gasteiger partial charge in [-0.05, 0) is 17.5 Å². The topological polar surface area (TPSA) is 20.2 Å². The van der Waals surface area contributed by atoms with Gasteiger partial charge in [-0.3, -0.25) is 0 Å². The Bertz CT molecular complexity index is 351. The summed E-state index contributed by atoms with van der Waals surface area (Å²) in [6, 6.07) is 7.35. The molecule has 2 heteroatoms. The quantitative estimate of drug-likeness (QED) is 0.609. The third-order valence-corrected chi connectivity index (χ3v) is 2.28. The Balaban J connectivity index is 2.95. The number of thiophene rings is 1. The van der Waals surface area contributed by atoms with E-state index in [9.17, 15) is 5.11 Å². The van der Waals surface area contributed by atoms with Crippen LogP contribution in [0, 0.1) is 5.38 Å². The summed E-state index contributed by atoms with van der Waals surface area (Å²) in [6.07, 6.45) is 0. The molecular formula is C8H5OS. The Hall–Kier alpha value is -1.02. The Labute approximate surface area is 62.5 Å². The fraction of sp³-hybridized carbons (Fsp3) is 0. The molecule has 1 heterocycles. The van der Waals surface area contributed by atoms with E-state index in [1.165, 1.54) is 11.3 Å². The lowest BCUT2D eigenvalue weighted by Crippen LogP contribution is -1.62. The van der Waals surface area contributed by atoms with Crippen LogP contribution in [-0.2, 0) is 0 Å². The second-order valence-corrected chi connectivity index (χ2v) is 2.91. The smallest absolute Gasteiger partial charge is 0.133 e. The monoisotopic (exact) mass is 149 g/mol. The fourth-order valence-electron chi connectivity index (χ4n) is 0.919. The van der Waals surface area contributed by atoms with Crippen LogP contribution in [-0.4, -0.2) is 5.11 Å². The van der Waals surface area contributed by atoms with Crippen molar-refractivity contribution in [3.05, 3.63) is 29.6 Å². The highest BCUT2D eigenvalue weighted by atomic mass is 32.1. The van der Waals surface area contributed by atoms with Gasteiger partial charge in [0.1, 0.15) is 5.75 Å². The molecule has 1 N–H and O–H groups in total. The first-order valence-corrected chi connectivity index (χ1v) is 3.77. The van der Waals surface area contributed by atoms with Crippen LogP contribution in [0.25, 0.3) is 10.1 Å². The van der Waals surface area contributed by atoms with Gasteiger partial charge in [0.2, 0.25) is 0 Å². The molecule has 0 aliphatic heterocycles. The lowest BCUT2D eigenvalue weighted by Gasteiger charge is -1.90. The van der Waals surface area contributed by atoms with Gasteiger partial charge in [-0.15, -0.1) is 11.3 Å². The van der Waals surface area contributed by atoms with Crippen LogP contribution in [0.1, 0.15) is 0 Å². The van der Waals surface area contributed by atoms with Crippen LogP contribution >= 0.6 is 11.3 Å². The molecule has 10 heavy (non-hydrogen) atoms. The molecular weight excluding hydrogens is 144 g/mol. The Morgan fingerprint density at radius 2 is 2.30 bits per heavy atom. The van der Waals surface area contributed by atoms with E-state index < -0.39 is 0 Å². The zero-order valence-electron chi connectivity index (χ0n) is 5.16. The summed E-state index contributed by atoms with van der Waals surface area (Å²) >= 11 is 1.44. The van der Waals surface area contributed by atoms with Crippen LogP contribution in [0.2, 0.25) is 0 Å². The van der Waals surface area contributed by atoms with E-state index in [1.807, 2.05) is 18.2 Å². The van der Waals surface area contributed by atoms with Crippen LogP contribution in [0.3, 0.4) is 0 Å². The summed E-state index contributed by atoms with van der Waals surface area (Å²) in [5, 5.41) is 13.3. The molecule has 0 fully saturated rings. The lowest BCUT2D eigenvalue weighted by molar-refractivity contribution is 0.482. The lowest BCUT2D eigenvalue weighted by atomic mass is 10.2. The minimum Gasteiger partial charge on any atom is -0.506 e. The number of benzene rings is 1. The summed E-state index contributed by atoms with van der Waals surface area (Å²) in [5.41, 5.74) is 0. The molecule has 2 rings (SSSR count). The molecule has 1 aromatic carbocycles. The van der Waals surface area contributed by atoms with Crippen molar-refractivity contribution in [1.29, 1.82) is 0 Å². The number of fused-ring (bicyclic) bond motifs is 1. The van der Waals surface area contributed by atoms with Crippen molar-refractivity contribution in [3.8, 4) is 5.75 Å². The summed E-state index contributed by atoms with van der Waals surface area (Å²) in [4.78, 5) is 0. The SMILES string of the molecule is Oc1cccc2c[c]sc12. The second kappa shape index (κ2) is 1.99. The van der Waals surface area contributed by atoms with Crippen molar-refractivity contribution in [2.45, 2.75) is 0 Å². The standard InChI is InChI=1S/C8H5OS/c9-7-3-1-2-6-4-5-10-8(6)7/h1-4,9H. The third-order valence-electron chi connectivity index (χ3n) is 1.40. The van der Waals surface area contributed by atoms with Crippen molar-refractivity contribution in [2.75, 3.05) is 0 Å². The molecule has 0 aliphatic rings. The number of rotatable bonds is 0. The largest absolute Gasteiger partial charge is 0.506 e. The molecule has 0 saturated carbocycles. The molecule has 1 nitrogen and oxygen atoms in total. The van der Waals surface area contributed by atoms with Gasteiger partial charge >= 0.3 is 0 Å². The Kier molecular flexibility index (Phi) is 1.14. The molecule has 0 atom stereocenters. The molecule has 0 aliphatic carbocycles. The van der Waals surface area contributed by atoms with Gasteiger partial charge in [-0.2, -0.15) is 0 Å². The van der Waals surface area contributed by atoms with Gasteiger partial charge in [-0.25, -0.2) is 0 Å². The third kappa shape index (κ3) is 0.693. The van der Waals surface area contributed by atoms with Crippen molar-refractivity contribution in [1.82, 2.24) is 0 Å². The summed E-state index contributed by atoms with van der Waals surface area (Å²) in [5.74, 6) is 0.351. The van der Waals surface area contributed by atoms with Gasteiger partial charge in [-0.1, -0.05) is 12.1 Å². The van der Waals surface area contributed by atoms with Gasteiger partial charge < -0.3 is 5.11 Å². The molecule has 0 spiro atoms. The Morgan fingerprint density at radius 3 is 3.10 bits per heavy atom. The zero-order valence-corrected chi connectivity index (χ0v) is 5.98. The molecule has 2 aromatic rings. The number of hydrogen-bond donors (Lipinski definition) is 1. The maximum absolute atomic E-state index is 9.25. The van der Waals surface area contributed by atoms with Crippen molar-refractivity contribution in [2.24, 2.45) is 0 Å². The first kappa shape index (κ1) is 5.74. The summed E-state index contributed by atoms with van der Waals surface area (Å²) < 4.78 is 0.919. The van der Waals surface area contributed by atoms with Crippen LogP contribution in [0.15, 0.2) is 24.3 Å². The van der Waals surface area contributed by atoms with E-state index in [1.54, 1.807) is 6.07 Å². The van der Waals surface area contributed by atoms with Crippen molar-refractivity contribution < 1.29 is 5.11 Å². The van der Waals surface area contributed by atoms with Gasteiger partial charge in [0.15, 0.2) is 0 Å². The average molecular weight is 149 g/mol. The van der Waals surface area contributed by atoms with Gasteiger partial charge in [0.05, 0.1) is 4.70 Å². The van der Waals surface area contributed by atoms with E-state index >= 15 is 0 Å². The molecule has 0 bridgehead atoms. The number of hydrogen-bond acceptors (Lipinski definition) is 2. The van der Waals surface area contributed by atoms with Gasteiger partial charge in [0, 0.05) is 5.38 Å².